The number of hydrogen-bond donors (Lipinski definition) is 2. The number of rotatable bonds is 2. The third kappa shape index (κ3) is 1.91. The van der Waals surface area contributed by atoms with Crippen molar-refractivity contribution in [1.29, 1.82) is 0 Å². The number of imidazole rings is 1. The van der Waals surface area contributed by atoms with Crippen LogP contribution >= 0.6 is 0 Å². The summed E-state index contributed by atoms with van der Waals surface area (Å²) in [6.07, 6.45) is 4.58. The average molecular weight is 279 g/mol. The highest BCUT2D eigenvalue weighted by molar-refractivity contribution is 5.70. The zero-order chi connectivity index (χ0) is 14.3. The molecule has 3 rings (SSSR count). The van der Waals surface area contributed by atoms with Gasteiger partial charge in [-0.15, -0.1) is 0 Å². The molecule has 106 valence electrons. The molecule has 1 aliphatic rings. The lowest BCUT2D eigenvalue weighted by Gasteiger charge is -2.22. The molecule has 0 atom stereocenters. The molecule has 9 nitrogen and oxygen atoms in total. The number of aromatic amines is 2. The predicted octanol–water partition coefficient (Wildman–Crippen LogP) is 0.826. The smallest absolute Gasteiger partial charge is 0.390 e. The minimum absolute atomic E-state index is 0.0260. The molecule has 1 saturated carbocycles. The number of nitro groups is 1. The van der Waals surface area contributed by atoms with E-state index < -0.39 is 22.1 Å². The molecule has 2 aromatic rings. The van der Waals surface area contributed by atoms with Gasteiger partial charge < -0.3 is 10.1 Å². The maximum Gasteiger partial charge on any atom is 0.435 e. The first kappa shape index (κ1) is 12.6. The second kappa shape index (κ2) is 4.58. The topological polar surface area (TPSA) is 127 Å². The quantitative estimate of drug-likeness (QED) is 0.621. The normalized spacial score (nSPS) is 16.6. The monoisotopic (exact) mass is 279 g/mol. The SMILES string of the molecule is O=c1[nH]c2nc([N+](=O)[O-])[nH]c2c(=O)n1C1CCCCC1. The summed E-state index contributed by atoms with van der Waals surface area (Å²) in [5, 5.41) is 10.7. The van der Waals surface area contributed by atoms with Crippen LogP contribution in [0.3, 0.4) is 0 Å². The molecule has 0 bridgehead atoms. The molecule has 20 heavy (non-hydrogen) atoms. The highest BCUT2D eigenvalue weighted by atomic mass is 16.6. The Bertz CT molecular complexity index is 780. The van der Waals surface area contributed by atoms with Crippen molar-refractivity contribution in [2.75, 3.05) is 0 Å². The van der Waals surface area contributed by atoms with Crippen molar-refractivity contribution in [3.8, 4) is 0 Å². The zero-order valence-corrected chi connectivity index (χ0v) is 10.6. The maximum atomic E-state index is 12.3. The van der Waals surface area contributed by atoms with Crippen LogP contribution in [0.2, 0.25) is 0 Å². The van der Waals surface area contributed by atoms with Gasteiger partial charge in [0.25, 0.3) is 11.2 Å². The zero-order valence-electron chi connectivity index (χ0n) is 10.6. The molecule has 9 heteroatoms. The van der Waals surface area contributed by atoms with Gasteiger partial charge in [-0.1, -0.05) is 19.3 Å². The Labute approximate surface area is 111 Å². The van der Waals surface area contributed by atoms with Crippen LogP contribution in [-0.4, -0.2) is 24.4 Å². The van der Waals surface area contributed by atoms with Gasteiger partial charge in [0.15, 0.2) is 0 Å². The van der Waals surface area contributed by atoms with Gasteiger partial charge in [0.2, 0.25) is 5.52 Å². The molecule has 0 saturated heterocycles. The number of hydrogen-bond acceptors (Lipinski definition) is 5. The summed E-state index contributed by atoms with van der Waals surface area (Å²) in [4.78, 5) is 42.7. The molecule has 1 fully saturated rings. The summed E-state index contributed by atoms with van der Waals surface area (Å²) in [6.45, 7) is 0. The Hall–Kier alpha value is -2.45. The van der Waals surface area contributed by atoms with E-state index in [0.29, 0.717) is 0 Å². The van der Waals surface area contributed by atoms with Gasteiger partial charge in [-0.2, -0.15) is 0 Å². The van der Waals surface area contributed by atoms with Gasteiger partial charge >= 0.3 is 11.6 Å². The molecule has 0 aromatic carbocycles. The molecular weight excluding hydrogens is 266 g/mol. The van der Waals surface area contributed by atoms with E-state index in [2.05, 4.69) is 15.0 Å². The minimum Gasteiger partial charge on any atom is -0.390 e. The first-order valence-corrected chi connectivity index (χ1v) is 6.47. The first-order valence-electron chi connectivity index (χ1n) is 6.47. The fourth-order valence-corrected chi connectivity index (χ4v) is 2.74. The van der Waals surface area contributed by atoms with Crippen LogP contribution in [0.1, 0.15) is 38.1 Å². The summed E-state index contributed by atoms with van der Waals surface area (Å²) in [6, 6.07) is -0.147. The third-order valence-electron chi connectivity index (χ3n) is 3.68. The average Bonchev–Trinajstić information content (AvgIpc) is 2.84. The maximum absolute atomic E-state index is 12.3. The van der Waals surface area contributed by atoms with E-state index in [-0.39, 0.29) is 17.2 Å². The Morgan fingerprint density at radius 2 is 1.90 bits per heavy atom. The van der Waals surface area contributed by atoms with Gasteiger partial charge in [-0.3, -0.25) is 14.3 Å². The van der Waals surface area contributed by atoms with Crippen molar-refractivity contribution in [2.24, 2.45) is 0 Å². The van der Waals surface area contributed by atoms with Crippen LogP contribution in [0.25, 0.3) is 11.2 Å². The Kier molecular flexibility index (Phi) is 2.88. The fraction of sp³-hybridized carbons (Fsp3) is 0.545. The second-order valence-corrected chi connectivity index (χ2v) is 4.94. The van der Waals surface area contributed by atoms with Crippen molar-refractivity contribution in [3.63, 3.8) is 0 Å². The predicted molar refractivity (Wildman–Crippen MR) is 69.8 cm³/mol. The molecule has 0 amide bonds. The van der Waals surface area contributed by atoms with E-state index in [1.165, 1.54) is 0 Å². The van der Waals surface area contributed by atoms with Gasteiger partial charge in [-0.25, -0.2) is 9.78 Å². The van der Waals surface area contributed by atoms with E-state index in [0.717, 1.165) is 36.7 Å². The largest absolute Gasteiger partial charge is 0.435 e. The number of nitrogens with zero attached hydrogens (tertiary/aromatic N) is 3. The van der Waals surface area contributed by atoms with Crippen LogP contribution in [-0.2, 0) is 0 Å². The number of H-pyrrole nitrogens is 2. The minimum atomic E-state index is -0.733. The number of nitrogens with one attached hydrogen (secondary N) is 2. The fourth-order valence-electron chi connectivity index (χ4n) is 2.74. The van der Waals surface area contributed by atoms with E-state index in [1.807, 2.05) is 0 Å². The number of aromatic nitrogens is 4. The van der Waals surface area contributed by atoms with Crippen LogP contribution < -0.4 is 11.2 Å². The van der Waals surface area contributed by atoms with Gasteiger partial charge in [0.1, 0.15) is 0 Å². The molecule has 0 radical (unpaired) electrons. The lowest BCUT2D eigenvalue weighted by Crippen LogP contribution is -2.38. The Morgan fingerprint density at radius 1 is 1.20 bits per heavy atom. The van der Waals surface area contributed by atoms with Crippen LogP contribution in [0.15, 0.2) is 9.59 Å². The molecule has 1 aliphatic carbocycles. The molecule has 0 aliphatic heterocycles. The Balaban J connectivity index is 2.20. The van der Waals surface area contributed by atoms with Gasteiger partial charge in [0, 0.05) is 6.04 Å². The van der Waals surface area contributed by atoms with E-state index in [4.69, 9.17) is 0 Å². The molecule has 2 aromatic heterocycles. The van der Waals surface area contributed by atoms with Crippen molar-refractivity contribution in [3.05, 3.63) is 31.0 Å². The lowest BCUT2D eigenvalue weighted by atomic mass is 9.95. The van der Waals surface area contributed by atoms with E-state index in [9.17, 15) is 19.7 Å². The lowest BCUT2D eigenvalue weighted by molar-refractivity contribution is -0.393. The molecule has 2 N–H and O–H groups in total. The molecular formula is C11H13N5O4. The molecule has 0 spiro atoms. The van der Waals surface area contributed by atoms with Crippen molar-refractivity contribution in [2.45, 2.75) is 38.1 Å². The van der Waals surface area contributed by atoms with Crippen molar-refractivity contribution < 1.29 is 4.92 Å². The standard InChI is InChI=1S/C11H13N5O4/c17-9-7-8(13-10(12-7)16(19)20)14-11(18)15(9)6-4-2-1-3-5-6/h6H,1-5H2,(H,12,13)(H,14,18). The summed E-state index contributed by atoms with van der Waals surface area (Å²) in [5.74, 6) is -0.547. The summed E-state index contributed by atoms with van der Waals surface area (Å²) >= 11 is 0. The van der Waals surface area contributed by atoms with Crippen LogP contribution in [0.5, 0.6) is 0 Å². The van der Waals surface area contributed by atoms with E-state index in [1.54, 1.807) is 0 Å². The third-order valence-corrected chi connectivity index (χ3v) is 3.68. The van der Waals surface area contributed by atoms with Crippen molar-refractivity contribution >= 4 is 17.1 Å². The molecule has 2 heterocycles. The number of fused-ring (bicyclic) bond motifs is 1. The van der Waals surface area contributed by atoms with Crippen LogP contribution in [0, 0.1) is 10.1 Å². The summed E-state index contributed by atoms with van der Waals surface area (Å²) < 4.78 is 1.16. The van der Waals surface area contributed by atoms with Gasteiger partial charge in [0.05, 0.1) is 0 Å². The highest BCUT2D eigenvalue weighted by Gasteiger charge is 2.24. The molecule has 0 unspecified atom stereocenters. The van der Waals surface area contributed by atoms with Gasteiger partial charge in [-0.05, 0) is 22.7 Å². The second-order valence-electron chi connectivity index (χ2n) is 4.94. The Morgan fingerprint density at radius 3 is 2.55 bits per heavy atom. The summed E-state index contributed by atoms with van der Waals surface area (Å²) in [7, 11) is 0. The van der Waals surface area contributed by atoms with Crippen molar-refractivity contribution in [1.82, 2.24) is 19.5 Å². The highest BCUT2D eigenvalue weighted by Crippen LogP contribution is 2.26. The van der Waals surface area contributed by atoms with Crippen LogP contribution in [0.4, 0.5) is 5.95 Å². The van der Waals surface area contributed by atoms with E-state index >= 15 is 0 Å². The first-order chi connectivity index (χ1) is 9.58. The summed E-state index contributed by atoms with van der Waals surface area (Å²) in [5.41, 5.74) is -1.20.